The van der Waals surface area contributed by atoms with Gasteiger partial charge in [0, 0.05) is 0 Å². The molecule has 62 valence electrons. The second-order valence-electron chi connectivity index (χ2n) is 1.63. The predicted octanol–water partition coefficient (Wildman–Crippen LogP) is 0.302. The van der Waals surface area contributed by atoms with Crippen LogP contribution in [0.25, 0.3) is 0 Å². The molecular formula is C5H11NaO5. The van der Waals surface area contributed by atoms with Gasteiger partial charge in [-0.05, 0) is 12.8 Å². The molecule has 0 atom stereocenters. The summed E-state index contributed by atoms with van der Waals surface area (Å²) >= 11 is 0. The molecule has 0 amide bonds. The minimum absolute atomic E-state index is 0. The normalized spacial score (nSPS) is 15.3. The predicted molar refractivity (Wildman–Crippen MR) is 38.9 cm³/mol. The van der Waals surface area contributed by atoms with Crippen molar-refractivity contribution in [3.63, 3.8) is 0 Å². The van der Waals surface area contributed by atoms with E-state index in [0.717, 1.165) is 26.1 Å². The van der Waals surface area contributed by atoms with Crippen molar-refractivity contribution < 1.29 is 24.8 Å². The van der Waals surface area contributed by atoms with Gasteiger partial charge in [0.1, 0.15) is 0 Å². The quantitative estimate of drug-likeness (QED) is 0.408. The minimum atomic E-state index is -1.83. The van der Waals surface area contributed by atoms with E-state index >= 15 is 0 Å². The van der Waals surface area contributed by atoms with Gasteiger partial charge in [-0.1, -0.05) is 0 Å². The molecule has 0 saturated carbocycles. The number of carbonyl (C=O) groups is 1. The molecule has 2 N–H and O–H groups in total. The van der Waals surface area contributed by atoms with Gasteiger partial charge in [0.25, 0.3) is 0 Å². The first kappa shape index (κ1) is 13.8. The Morgan fingerprint density at radius 1 is 1.09 bits per heavy atom. The molecular weight excluding hydrogens is 163 g/mol. The van der Waals surface area contributed by atoms with E-state index in [-0.39, 0.29) is 29.6 Å². The Kier molecular flexibility index (Phi) is 12.7. The topological polar surface area (TPSA) is 76.0 Å². The van der Waals surface area contributed by atoms with Crippen LogP contribution >= 0.6 is 0 Å². The van der Waals surface area contributed by atoms with E-state index in [1.807, 2.05) is 0 Å². The Balaban J connectivity index is 0. The maximum absolute atomic E-state index is 8.56. The van der Waals surface area contributed by atoms with Crippen LogP contribution in [0.5, 0.6) is 0 Å². The molecule has 1 rings (SSSR count). The van der Waals surface area contributed by atoms with E-state index in [4.69, 9.17) is 15.0 Å². The molecule has 11 heavy (non-hydrogen) atoms. The van der Waals surface area contributed by atoms with Crippen LogP contribution in [-0.2, 0) is 9.78 Å². The molecule has 0 aromatic heterocycles. The van der Waals surface area contributed by atoms with Crippen molar-refractivity contribution in [1.82, 2.24) is 0 Å². The van der Waals surface area contributed by atoms with Crippen molar-refractivity contribution >= 4 is 35.7 Å². The molecule has 0 aromatic carbocycles. The van der Waals surface area contributed by atoms with Gasteiger partial charge < -0.3 is 10.2 Å². The molecule has 0 aliphatic carbocycles. The molecule has 0 radical (unpaired) electrons. The van der Waals surface area contributed by atoms with Gasteiger partial charge in [0.15, 0.2) is 0 Å². The Labute approximate surface area is 86.5 Å². The van der Waals surface area contributed by atoms with Crippen LogP contribution in [0.1, 0.15) is 12.8 Å². The summed E-state index contributed by atoms with van der Waals surface area (Å²) in [6.45, 7) is 1.56. The summed E-state index contributed by atoms with van der Waals surface area (Å²) in [6.07, 6.45) is 0.472. The fraction of sp³-hybridized carbons (Fsp3) is 0.800. The first-order chi connectivity index (χ1) is 4.73. The van der Waals surface area contributed by atoms with Crippen LogP contribution < -0.4 is 0 Å². The molecule has 1 heterocycles. The van der Waals surface area contributed by atoms with E-state index < -0.39 is 6.16 Å². The van der Waals surface area contributed by atoms with Crippen molar-refractivity contribution in [1.29, 1.82) is 0 Å². The van der Waals surface area contributed by atoms with Gasteiger partial charge in [-0.15, -0.1) is 0 Å². The van der Waals surface area contributed by atoms with E-state index in [1.165, 1.54) is 0 Å². The molecule has 0 spiro atoms. The zero-order chi connectivity index (χ0) is 7.82. The second kappa shape index (κ2) is 10.2. The first-order valence-electron chi connectivity index (χ1n) is 2.90. The zero-order valence-electron chi connectivity index (χ0n) is 5.45. The Morgan fingerprint density at radius 3 is 1.45 bits per heavy atom. The van der Waals surface area contributed by atoms with Crippen LogP contribution in [0.2, 0.25) is 0 Å². The van der Waals surface area contributed by atoms with Crippen LogP contribution in [0, 0.1) is 0 Å². The fourth-order valence-electron chi connectivity index (χ4n) is 0.440. The SMILES string of the molecule is C1CCOOC1.O=C(O)O.[NaH]. The van der Waals surface area contributed by atoms with E-state index in [0.29, 0.717) is 0 Å². The Hall–Kier alpha value is 0.190. The summed E-state index contributed by atoms with van der Waals surface area (Å²) in [5, 5.41) is 13.9. The number of rotatable bonds is 0. The van der Waals surface area contributed by atoms with Crippen molar-refractivity contribution in [2.24, 2.45) is 0 Å². The molecule has 1 fully saturated rings. The number of hydrogen-bond acceptors (Lipinski definition) is 3. The fourth-order valence-corrected chi connectivity index (χ4v) is 0.440. The molecule has 1 aliphatic heterocycles. The molecule has 5 nitrogen and oxygen atoms in total. The molecule has 1 saturated heterocycles. The van der Waals surface area contributed by atoms with Gasteiger partial charge >= 0.3 is 35.7 Å². The van der Waals surface area contributed by atoms with Crippen LogP contribution in [0.3, 0.4) is 0 Å². The standard InChI is InChI=1S/C4H8O2.CH2O3.Na.H/c1-2-4-6-5-3-1;2-1(3)4;;/h1-4H2;(H2,2,3,4);;. The third-order valence-electron chi connectivity index (χ3n) is 0.789. The Bertz CT molecular complexity index is 77.4. The van der Waals surface area contributed by atoms with Crippen LogP contribution in [0.4, 0.5) is 4.79 Å². The summed E-state index contributed by atoms with van der Waals surface area (Å²) in [5.74, 6) is 0. The van der Waals surface area contributed by atoms with Gasteiger partial charge in [-0.2, -0.15) is 0 Å². The third kappa shape index (κ3) is 17.8. The van der Waals surface area contributed by atoms with Crippen LogP contribution in [-0.4, -0.2) is 59.1 Å². The summed E-state index contributed by atoms with van der Waals surface area (Å²) in [7, 11) is 0. The third-order valence-corrected chi connectivity index (χ3v) is 0.789. The second-order valence-corrected chi connectivity index (χ2v) is 1.63. The van der Waals surface area contributed by atoms with E-state index in [9.17, 15) is 0 Å². The molecule has 0 unspecified atom stereocenters. The summed E-state index contributed by atoms with van der Waals surface area (Å²) < 4.78 is 0. The average molecular weight is 174 g/mol. The summed E-state index contributed by atoms with van der Waals surface area (Å²) in [6, 6.07) is 0. The molecule has 0 aromatic rings. The van der Waals surface area contributed by atoms with Gasteiger partial charge in [-0.25, -0.2) is 14.6 Å². The first-order valence-corrected chi connectivity index (χ1v) is 2.90. The van der Waals surface area contributed by atoms with Crippen molar-refractivity contribution in [2.75, 3.05) is 13.2 Å². The van der Waals surface area contributed by atoms with Gasteiger partial charge in [0.2, 0.25) is 0 Å². The molecule has 6 heteroatoms. The van der Waals surface area contributed by atoms with E-state index in [2.05, 4.69) is 9.78 Å². The van der Waals surface area contributed by atoms with Gasteiger partial charge in [-0.3, -0.25) is 0 Å². The van der Waals surface area contributed by atoms with Crippen LogP contribution in [0.15, 0.2) is 0 Å². The van der Waals surface area contributed by atoms with Gasteiger partial charge in [0.05, 0.1) is 13.2 Å². The molecule has 1 aliphatic rings. The van der Waals surface area contributed by atoms with E-state index in [1.54, 1.807) is 0 Å². The van der Waals surface area contributed by atoms with Crippen molar-refractivity contribution in [3.8, 4) is 0 Å². The number of carboxylic acid groups (broad SMARTS) is 2. The molecule has 0 bridgehead atoms. The zero-order valence-corrected chi connectivity index (χ0v) is 5.45. The van der Waals surface area contributed by atoms with Crippen molar-refractivity contribution in [3.05, 3.63) is 0 Å². The monoisotopic (exact) mass is 174 g/mol. The summed E-state index contributed by atoms with van der Waals surface area (Å²) in [5.41, 5.74) is 0. The Morgan fingerprint density at radius 2 is 1.36 bits per heavy atom. The average Bonchev–Trinajstić information content (AvgIpc) is 1.90. The van der Waals surface area contributed by atoms with Crippen molar-refractivity contribution in [2.45, 2.75) is 12.8 Å². The number of hydrogen-bond donors (Lipinski definition) is 2. The summed E-state index contributed by atoms with van der Waals surface area (Å²) in [4.78, 5) is 17.7. The maximum atomic E-state index is 8.56.